The van der Waals surface area contributed by atoms with Crippen LogP contribution in [0.1, 0.15) is 30.8 Å². The molecule has 2 aliphatic heterocycles. The maximum absolute atomic E-state index is 6.02. The highest BCUT2D eigenvalue weighted by atomic mass is 127. The first kappa shape index (κ1) is 19.8. The summed E-state index contributed by atoms with van der Waals surface area (Å²) in [6.45, 7) is 3.04. The van der Waals surface area contributed by atoms with Gasteiger partial charge in [0.1, 0.15) is 5.82 Å². The van der Waals surface area contributed by atoms with Gasteiger partial charge >= 0.3 is 0 Å². The predicted molar refractivity (Wildman–Crippen MR) is 116 cm³/mol. The van der Waals surface area contributed by atoms with Crippen molar-refractivity contribution in [2.75, 3.05) is 25.1 Å². The molecular weight excluding hydrogens is 457 g/mol. The molecule has 0 saturated carbocycles. The van der Waals surface area contributed by atoms with E-state index in [4.69, 9.17) is 20.2 Å². The molecule has 0 aliphatic carbocycles. The lowest BCUT2D eigenvalue weighted by atomic mass is 10.2. The number of aliphatic imine (C=N–C) groups is 1. The number of halogens is 1. The van der Waals surface area contributed by atoms with Crippen molar-refractivity contribution in [1.29, 1.82) is 0 Å². The van der Waals surface area contributed by atoms with E-state index in [1.807, 2.05) is 18.2 Å². The molecule has 1 aromatic carbocycles. The maximum Gasteiger partial charge on any atom is 0.193 e. The molecule has 0 fully saturated rings. The third-order valence-electron chi connectivity index (χ3n) is 4.63. The quantitative estimate of drug-likeness (QED) is 0.397. The summed E-state index contributed by atoms with van der Waals surface area (Å²) in [7, 11) is 0. The van der Waals surface area contributed by atoms with Crippen molar-refractivity contribution in [1.82, 2.24) is 9.55 Å². The van der Waals surface area contributed by atoms with E-state index in [2.05, 4.69) is 21.1 Å². The highest BCUT2D eigenvalue weighted by Crippen LogP contribution is 2.32. The summed E-state index contributed by atoms with van der Waals surface area (Å²) in [5.74, 6) is 3.10. The Labute approximate surface area is 176 Å². The third-order valence-corrected chi connectivity index (χ3v) is 4.63. The summed E-state index contributed by atoms with van der Waals surface area (Å²) in [5, 5.41) is 3.11. The van der Waals surface area contributed by atoms with Crippen LogP contribution in [-0.4, -0.2) is 35.3 Å². The number of guanidine groups is 1. The molecule has 3 heterocycles. The van der Waals surface area contributed by atoms with Gasteiger partial charge in [0.05, 0.1) is 18.9 Å². The van der Waals surface area contributed by atoms with Crippen LogP contribution in [0.5, 0.6) is 11.5 Å². The number of nitrogens with two attached hydrogens (primary N) is 1. The second-order valence-corrected chi connectivity index (χ2v) is 6.65. The molecule has 2 aliphatic rings. The van der Waals surface area contributed by atoms with Crippen LogP contribution >= 0.6 is 24.0 Å². The number of nitrogens with one attached hydrogen (secondary N) is 1. The van der Waals surface area contributed by atoms with Crippen LogP contribution in [0.2, 0.25) is 0 Å². The summed E-state index contributed by atoms with van der Waals surface area (Å²) in [6.07, 6.45) is 7.39. The Kier molecular flexibility index (Phi) is 6.81. The van der Waals surface area contributed by atoms with E-state index < -0.39 is 0 Å². The Morgan fingerprint density at radius 2 is 2.04 bits per heavy atom. The number of aryl methyl sites for hydroxylation is 2. The molecule has 2 aromatic rings. The zero-order valence-electron chi connectivity index (χ0n) is 15.3. The zero-order chi connectivity index (χ0) is 17.8. The average Bonchev–Trinajstić information content (AvgIpc) is 2.91. The number of nitrogens with zero attached hydrogens (tertiary/aromatic N) is 3. The smallest absolute Gasteiger partial charge is 0.193 e. The Bertz CT molecular complexity index is 782. The van der Waals surface area contributed by atoms with E-state index in [-0.39, 0.29) is 24.0 Å². The number of benzene rings is 1. The van der Waals surface area contributed by atoms with Crippen molar-refractivity contribution in [2.24, 2.45) is 10.7 Å². The highest BCUT2D eigenvalue weighted by molar-refractivity contribution is 14.0. The Balaban J connectivity index is 0.00000210. The average molecular weight is 483 g/mol. The maximum atomic E-state index is 6.02. The van der Waals surface area contributed by atoms with E-state index in [1.165, 1.54) is 18.7 Å². The number of hydrogen-bond acceptors (Lipinski definition) is 4. The zero-order valence-corrected chi connectivity index (χ0v) is 17.6. The molecule has 1 aromatic heterocycles. The van der Waals surface area contributed by atoms with Crippen molar-refractivity contribution in [3.05, 3.63) is 35.9 Å². The van der Waals surface area contributed by atoms with Gasteiger partial charge in [-0.2, -0.15) is 0 Å². The largest absolute Gasteiger partial charge is 0.490 e. The van der Waals surface area contributed by atoms with Crippen LogP contribution < -0.4 is 20.5 Å². The second kappa shape index (κ2) is 9.29. The van der Waals surface area contributed by atoms with E-state index in [0.29, 0.717) is 25.7 Å². The summed E-state index contributed by atoms with van der Waals surface area (Å²) in [4.78, 5) is 9.10. The third kappa shape index (κ3) is 5.06. The number of ether oxygens (including phenoxy) is 2. The van der Waals surface area contributed by atoms with E-state index >= 15 is 0 Å². The SMILES string of the molecule is I.NC(=NCCc1cn2c(n1)CCCC2)Nc1ccc2c(c1)OCCCO2. The van der Waals surface area contributed by atoms with Crippen molar-refractivity contribution < 1.29 is 9.47 Å². The topological polar surface area (TPSA) is 86.7 Å². The van der Waals surface area contributed by atoms with Gasteiger partial charge < -0.3 is 25.1 Å². The van der Waals surface area contributed by atoms with E-state index in [0.717, 1.165) is 48.7 Å². The standard InChI is InChI=1S/C19H25N5O2.HI/c20-19(21-8-7-15-13-24-9-2-1-4-18(24)22-15)23-14-5-6-16-17(12-14)26-11-3-10-25-16;/h5-6,12-13H,1-4,7-11H2,(H3,20,21,23);1H. The molecule has 146 valence electrons. The van der Waals surface area contributed by atoms with Crippen LogP contribution in [-0.2, 0) is 19.4 Å². The summed E-state index contributed by atoms with van der Waals surface area (Å²) < 4.78 is 13.6. The van der Waals surface area contributed by atoms with Crippen LogP contribution in [0.3, 0.4) is 0 Å². The molecule has 0 atom stereocenters. The minimum absolute atomic E-state index is 0. The number of rotatable bonds is 4. The molecule has 0 saturated heterocycles. The minimum atomic E-state index is 0. The van der Waals surface area contributed by atoms with Gasteiger partial charge in [-0.05, 0) is 25.0 Å². The van der Waals surface area contributed by atoms with Crippen molar-refractivity contribution in [2.45, 2.75) is 38.6 Å². The normalized spacial score (nSPS) is 16.1. The molecular formula is C19H26IN5O2. The molecule has 4 rings (SSSR count). The highest BCUT2D eigenvalue weighted by Gasteiger charge is 2.12. The summed E-state index contributed by atoms with van der Waals surface area (Å²) in [6, 6.07) is 5.71. The number of aromatic nitrogens is 2. The summed E-state index contributed by atoms with van der Waals surface area (Å²) >= 11 is 0. The van der Waals surface area contributed by atoms with Crippen LogP contribution in [0.25, 0.3) is 0 Å². The number of anilines is 1. The fourth-order valence-electron chi connectivity index (χ4n) is 3.31. The van der Waals surface area contributed by atoms with Crippen molar-refractivity contribution >= 4 is 35.6 Å². The molecule has 3 N–H and O–H groups in total. The number of imidazole rings is 1. The fraction of sp³-hybridized carbons (Fsp3) is 0.474. The molecule has 0 unspecified atom stereocenters. The van der Waals surface area contributed by atoms with Crippen molar-refractivity contribution in [3.8, 4) is 11.5 Å². The van der Waals surface area contributed by atoms with Crippen molar-refractivity contribution in [3.63, 3.8) is 0 Å². The predicted octanol–water partition coefficient (Wildman–Crippen LogP) is 2.97. The lowest BCUT2D eigenvalue weighted by Crippen LogP contribution is -2.23. The van der Waals surface area contributed by atoms with Gasteiger partial charge in [-0.15, -0.1) is 24.0 Å². The molecule has 0 radical (unpaired) electrons. The molecule has 0 amide bonds. The van der Waals surface area contributed by atoms with E-state index in [1.54, 1.807) is 0 Å². The van der Waals surface area contributed by atoms with Gasteiger partial charge in [0, 0.05) is 50.3 Å². The van der Waals surface area contributed by atoms with Crippen LogP contribution in [0.4, 0.5) is 5.69 Å². The lowest BCUT2D eigenvalue weighted by Gasteiger charge is -2.11. The van der Waals surface area contributed by atoms with Gasteiger partial charge in [0.2, 0.25) is 0 Å². The number of fused-ring (bicyclic) bond motifs is 2. The van der Waals surface area contributed by atoms with Gasteiger partial charge in [-0.1, -0.05) is 0 Å². The molecule has 0 spiro atoms. The van der Waals surface area contributed by atoms with E-state index in [9.17, 15) is 0 Å². The van der Waals surface area contributed by atoms with Gasteiger partial charge in [-0.25, -0.2) is 4.98 Å². The Morgan fingerprint density at radius 3 is 2.89 bits per heavy atom. The monoisotopic (exact) mass is 483 g/mol. The fourth-order valence-corrected chi connectivity index (χ4v) is 3.31. The van der Waals surface area contributed by atoms with Gasteiger partial charge in [0.25, 0.3) is 0 Å². The Hall–Kier alpha value is -1.97. The lowest BCUT2D eigenvalue weighted by molar-refractivity contribution is 0.297. The van der Waals surface area contributed by atoms with Gasteiger partial charge in [-0.3, -0.25) is 4.99 Å². The first-order valence-corrected chi connectivity index (χ1v) is 9.29. The van der Waals surface area contributed by atoms with Crippen LogP contribution in [0.15, 0.2) is 29.4 Å². The second-order valence-electron chi connectivity index (χ2n) is 6.65. The molecule has 0 bridgehead atoms. The molecule has 27 heavy (non-hydrogen) atoms. The van der Waals surface area contributed by atoms with Gasteiger partial charge in [0.15, 0.2) is 17.5 Å². The Morgan fingerprint density at radius 1 is 1.19 bits per heavy atom. The first-order chi connectivity index (χ1) is 12.8. The minimum Gasteiger partial charge on any atom is -0.490 e. The molecule has 7 nitrogen and oxygen atoms in total. The number of hydrogen-bond donors (Lipinski definition) is 2. The first-order valence-electron chi connectivity index (χ1n) is 9.29. The summed E-state index contributed by atoms with van der Waals surface area (Å²) in [5.41, 5.74) is 7.95. The van der Waals surface area contributed by atoms with Crippen LogP contribution in [0, 0.1) is 0 Å². The molecule has 8 heteroatoms.